The number of carbonyl (C=O) groups is 3. The minimum atomic E-state index is -3.93. The number of fused-ring (bicyclic) bond motifs is 3. The number of para-hydroxylation sites is 1. The molecule has 1 saturated heterocycles. The first-order valence-electron chi connectivity index (χ1n) is 20.4. The number of carbonyl (C=O) groups excluding carboxylic acids is 3. The SMILES string of the molecule is C=C[C@@H]1C[C@]1(NC(=O)[C@@H]1C[C@@H](Oc2nc(-c3ccc(OC(C)C)cc3)nc3c2oc2ccccc23)CN1C(=O)[C@@H](Nc1cccc(F)c1)C(C)(C)C)C(=O)NS(=O)(=O)C1CC1. The molecule has 14 nitrogen and oxygen atoms in total. The Bertz CT molecular complexity index is 2640. The summed E-state index contributed by atoms with van der Waals surface area (Å²) in [7, 11) is -3.93. The van der Waals surface area contributed by atoms with Crippen LogP contribution < -0.4 is 24.8 Å². The van der Waals surface area contributed by atoms with Gasteiger partial charge in [-0.3, -0.25) is 19.1 Å². The molecule has 5 aromatic rings. The fourth-order valence-electron chi connectivity index (χ4n) is 7.84. The van der Waals surface area contributed by atoms with E-state index < -0.39 is 73.9 Å². The monoisotopic (exact) mass is 852 g/mol. The minimum absolute atomic E-state index is 0.0193. The number of hydrogen-bond acceptors (Lipinski definition) is 11. The summed E-state index contributed by atoms with van der Waals surface area (Å²) < 4.78 is 61.0. The van der Waals surface area contributed by atoms with Gasteiger partial charge in [-0.05, 0) is 93.1 Å². The van der Waals surface area contributed by atoms with Crippen molar-refractivity contribution in [3.8, 4) is 23.0 Å². The van der Waals surface area contributed by atoms with E-state index in [9.17, 15) is 27.2 Å². The molecular formula is C45H49FN6O8S. The molecule has 0 radical (unpaired) electrons. The Morgan fingerprint density at radius 3 is 2.43 bits per heavy atom. The average Bonchev–Trinajstić information content (AvgIpc) is 4.11. The van der Waals surface area contributed by atoms with Crippen molar-refractivity contribution in [3.05, 3.63) is 91.3 Å². The van der Waals surface area contributed by atoms with Gasteiger partial charge >= 0.3 is 0 Å². The molecule has 320 valence electrons. The number of furan rings is 1. The van der Waals surface area contributed by atoms with Gasteiger partial charge in [0.2, 0.25) is 27.4 Å². The summed E-state index contributed by atoms with van der Waals surface area (Å²) in [5, 5.41) is 6.08. The fraction of sp³-hybridized carbons (Fsp3) is 0.400. The summed E-state index contributed by atoms with van der Waals surface area (Å²) in [6, 6.07) is 18.4. The van der Waals surface area contributed by atoms with E-state index >= 15 is 0 Å². The lowest BCUT2D eigenvalue weighted by Crippen LogP contribution is -2.58. The molecule has 3 heterocycles. The van der Waals surface area contributed by atoms with E-state index in [1.165, 1.54) is 29.2 Å². The first-order valence-corrected chi connectivity index (χ1v) is 22.0. The Kier molecular flexibility index (Phi) is 10.8. The summed E-state index contributed by atoms with van der Waals surface area (Å²) in [5.41, 5.74) is 0.0432. The maximum atomic E-state index is 14.9. The highest BCUT2D eigenvalue weighted by molar-refractivity contribution is 7.91. The summed E-state index contributed by atoms with van der Waals surface area (Å²) in [5.74, 6) is -1.94. The largest absolute Gasteiger partial charge is 0.491 e. The van der Waals surface area contributed by atoms with E-state index in [2.05, 4.69) is 21.9 Å². The minimum Gasteiger partial charge on any atom is -0.491 e. The van der Waals surface area contributed by atoms with Crippen LogP contribution in [0.3, 0.4) is 0 Å². The quantitative estimate of drug-likeness (QED) is 0.104. The number of nitrogens with zero attached hydrogens (tertiary/aromatic N) is 3. The van der Waals surface area contributed by atoms with Gasteiger partial charge in [-0.2, -0.15) is 4.98 Å². The molecule has 3 aliphatic rings. The van der Waals surface area contributed by atoms with Gasteiger partial charge in [0.25, 0.3) is 11.8 Å². The van der Waals surface area contributed by atoms with Gasteiger partial charge in [0.15, 0.2) is 5.82 Å². The van der Waals surface area contributed by atoms with Crippen LogP contribution in [0.1, 0.15) is 60.3 Å². The lowest BCUT2D eigenvalue weighted by Gasteiger charge is -2.36. The van der Waals surface area contributed by atoms with Crippen LogP contribution in [-0.4, -0.2) is 82.6 Å². The summed E-state index contributed by atoms with van der Waals surface area (Å²) in [6.45, 7) is 13.1. The molecule has 3 N–H and O–H groups in total. The van der Waals surface area contributed by atoms with Crippen LogP contribution in [0, 0.1) is 17.2 Å². The zero-order valence-corrected chi connectivity index (χ0v) is 35.4. The van der Waals surface area contributed by atoms with Gasteiger partial charge in [-0.1, -0.05) is 45.0 Å². The first-order chi connectivity index (χ1) is 29.0. The summed E-state index contributed by atoms with van der Waals surface area (Å²) >= 11 is 0. The highest BCUT2D eigenvalue weighted by Crippen LogP contribution is 2.46. The summed E-state index contributed by atoms with van der Waals surface area (Å²) in [6.07, 6.45) is 1.63. The van der Waals surface area contributed by atoms with Crippen LogP contribution in [0.15, 0.2) is 89.9 Å². The number of aromatic nitrogens is 2. The third kappa shape index (κ3) is 8.50. The van der Waals surface area contributed by atoms with Gasteiger partial charge in [0.1, 0.15) is 46.4 Å². The number of hydrogen-bond donors (Lipinski definition) is 3. The van der Waals surface area contributed by atoms with E-state index in [-0.39, 0.29) is 37.0 Å². The third-order valence-corrected chi connectivity index (χ3v) is 13.1. The van der Waals surface area contributed by atoms with Crippen molar-refractivity contribution in [1.29, 1.82) is 0 Å². The van der Waals surface area contributed by atoms with Crippen molar-refractivity contribution >= 4 is 55.5 Å². The molecule has 0 unspecified atom stereocenters. The Hall–Kier alpha value is -6.03. The number of halogens is 1. The number of ether oxygens (including phenoxy) is 2. The molecule has 2 aromatic heterocycles. The molecule has 2 aliphatic carbocycles. The van der Waals surface area contributed by atoms with Crippen LogP contribution >= 0.6 is 0 Å². The standard InChI is InChI=1S/C45H49FN6O8S/c1-7-27-23-45(27,43(55)51-61(56,57)32-19-20-32)50-40(53)34-22-31(24-52(34)42(54)38(44(4,5)6)47-29-12-10-11-28(46)21-29)59-41-37-36(33-13-8-9-14-35(33)60-37)48-39(49-41)26-15-17-30(18-16-26)58-25(2)3/h7-18,21,25,27,31-32,34,38,47H,1,19-20,22-24H2,2-6H3,(H,50,53)(H,51,55)/t27-,31-,34+,38-,45-/m1/s1. The Labute approximate surface area is 353 Å². The van der Waals surface area contributed by atoms with Gasteiger partial charge in [0, 0.05) is 29.0 Å². The highest BCUT2D eigenvalue weighted by Gasteiger charge is 2.62. The zero-order valence-electron chi connectivity index (χ0n) is 34.6. The number of benzene rings is 3. The second-order valence-electron chi connectivity index (χ2n) is 17.4. The molecule has 61 heavy (non-hydrogen) atoms. The van der Waals surface area contributed by atoms with E-state index in [1.54, 1.807) is 6.07 Å². The van der Waals surface area contributed by atoms with E-state index in [0.29, 0.717) is 46.8 Å². The van der Waals surface area contributed by atoms with E-state index in [1.807, 2.05) is 83.1 Å². The second kappa shape index (κ2) is 15.8. The first kappa shape index (κ1) is 41.7. The van der Waals surface area contributed by atoms with Crippen LogP contribution in [0.2, 0.25) is 0 Å². The van der Waals surface area contributed by atoms with Crippen molar-refractivity contribution in [2.24, 2.45) is 11.3 Å². The Balaban J connectivity index is 1.15. The maximum Gasteiger partial charge on any atom is 0.262 e. The predicted molar refractivity (Wildman–Crippen MR) is 228 cm³/mol. The van der Waals surface area contributed by atoms with Crippen molar-refractivity contribution in [2.45, 2.75) is 95.4 Å². The van der Waals surface area contributed by atoms with Gasteiger partial charge in [-0.25, -0.2) is 17.8 Å². The fourth-order valence-corrected chi connectivity index (χ4v) is 9.20. The number of sulfonamides is 1. The van der Waals surface area contributed by atoms with E-state index in [4.69, 9.17) is 23.9 Å². The molecule has 0 spiro atoms. The number of nitrogens with one attached hydrogen (secondary N) is 3. The number of likely N-dealkylation sites (tertiary alicyclic amines) is 1. The smallest absolute Gasteiger partial charge is 0.262 e. The highest BCUT2D eigenvalue weighted by atomic mass is 32.2. The van der Waals surface area contributed by atoms with Crippen LogP contribution in [0.25, 0.3) is 33.5 Å². The summed E-state index contributed by atoms with van der Waals surface area (Å²) in [4.78, 5) is 54.2. The van der Waals surface area contributed by atoms with Gasteiger partial charge in [-0.15, -0.1) is 6.58 Å². The third-order valence-electron chi connectivity index (χ3n) is 11.3. The molecule has 8 rings (SSSR count). The average molecular weight is 853 g/mol. The Morgan fingerprint density at radius 2 is 1.77 bits per heavy atom. The molecule has 2 saturated carbocycles. The van der Waals surface area contributed by atoms with Crippen molar-refractivity contribution < 1.29 is 41.1 Å². The molecule has 5 atom stereocenters. The van der Waals surface area contributed by atoms with Gasteiger partial charge < -0.3 is 29.4 Å². The molecule has 16 heteroatoms. The molecule has 0 bridgehead atoms. The van der Waals surface area contributed by atoms with Crippen molar-refractivity contribution in [2.75, 3.05) is 11.9 Å². The normalized spacial score (nSPS) is 21.9. The second-order valence-corrected chi connectivity index (χ2v) is 19.4. The molecule has 3 fully saturated rings. The van der Waals surface area contributed by atoms with Crippen LogP contribution in [0.4, 0.5) is 10.1 Å². The number of amides is 3. The molecule has 3 amide bonds. The molecular weight excluding hydrogens is 804 g/mol. The topological polar surface area (TPSA) is 182 Å². The van der Waals surface area contributed by atoms with Crippen molar-refractivity contribution in [3.63, 3.8) is 0 Å². The molecule has 3 aromatic carbocycles. The Morgan fingerprint density at radius 1 is 1.03 bits per heavy atom. The molecule has 1 aliphatic heterocycles. The number of anilines is 1. The zero-order chi connectivity index (χ0) is 43.4. The van der Waals surface area contributed by atoms with Gasteiger partial charge in [0.05, 0.1) is 17.9 Å². The van der Waals surface area contributed by atoms with Crippen LogP contribution in [-0.2, 0) is 24.4 Å². The maximum absolute atomic E-state index is 14.9. The number of rotatable bonds is 14. The van der Waals surface area contributed by atoms with Crippen LogP contribution in [0.5, 0.6) is 11.6 Å². The predicted octanol–water partition coefficient (Wildman–Crippen LogP) is 6.51. The van der Waals surface area contributed by atoms with E-state index in [0.717, 1.165) is 5.39 Å². The lowest BCUT2D eigenvalue weighted by atomic mass is 9.85. The lowest BCUT2D eigenvalue weighted by molar-refractivity contribution is -0.141. The van der Waals surface area contributed by atoms with Crippen molar-refractivity contribution in [1.82, 2.24) is 24.9 Å².